The van der Waals surface area contributed by atoms with Gasteiger partial charge < -0.3 is 14.5 Å². The van der Waals surface area contributed by atoms with Gasteiger partial charge in [-0.3, -0.25) is 4.79 Å². The van der Waals surface area contributed by atoms with Gasteiger partial charge in [-0.1, -0.05) is 18.2 Å². The van der Waals surface area contributed by atoms with E-state index in [9.17, 15) is 13.6 Å². The van der Waals surface area contributed by atoms with Crippen molar-refractivity contribution in [2.75, 3.05) is 0 Å². The van der Waals surface area contributed by atoms with Gasteiger partial charge in [-0.15, -0.1) is 0 Å². The molecule has 1 aromatic heterocycles. The third-order valence-electron chi connectivity index (χ3n) is 2.81. The number of hydrogen-bond acceptors (Lipinski definition) is 3. The van der Waals surface area contributed by atoms with Crippen LogP contribution in [-0.2, 0) is 0 Å². The van der Waals surface area contributed by atoms with Crippen molar-refractivity contribution in [3.8, 4) is 5.75 Å². The van der Waals surface area contributed by atoms with E-state index in [1.54, 1.807) is 25.1 Å². The van der Waals surface area contributed by atoms with Gasteiger partial charge in [-0.25, -0.2) is 0 Å². The number of ether oxygens (including phenoxy) is 1. The Hall–Kier alpha value is -1.89. The Kier molecular flexibility index (Phi) is 4.95. The zero-order chi connectivity index (χ0) is 15.4. The standard InChI is InChI=1S/C14H12BrF2NO3/c1-8(18-13(19)10-6-7-20-12(10)15)9-4-2-3-5-11(9)21-14(16)17/h2-8,14H,1H3,(H,18,19). The fourth-order valence-corrected chi connectivity index (χ4v) is 2.27. The average Bonchev–Trinajstić information content (AvgIpc) is 2.85. The van der Waals surface area contributed by atoms with Gasteiger partial charge >= 0.3 is 6.61 Å². The first-order valence-electron chi connectivity index (χ1n) is 6.06. The van der Waals surface area contributed by atoms with Crippen LogP contribution in [-0.4, -0.2) is 12.5 Å². The third kappa shape index (κ3) is 3.81. The summed E-state index contributed by atoms with van der Waals surface area (Å²) in [6.07, 6.45) is 1.37. The van der Waals surface area contributed by atoms with Crippen LogP contribution in [0.1, 0.15) is 28.9 Å². The highest BCUT2D eigenvalue weighted by molar-refractivity contribution is 9.10. The summed E-state index contributed by atoms with van der Waals surface area (Å²) in [4.78, 5) is 12.1. The van der Waals surface area contributed by atoms with Crippen molar-refractivity contribution >= 4 is 21.8 Å². The van der Waals surface area contributed by atoms with E-state index in [4.69, 9.17) is 4.42 Å². The molecule has 1 atom stereocenters. The van der Waals surface area contributed by atoms with Crippen LogP contribution < -0.4 is 10.1 Å². The van der Waals surface area contributed by atoms with Crippen LogP contribution in [0.15, 0.2) is 45.7 Å². The van der Waals surface area contributed by atoms with Crippen LogP contribution in [0.2, 0.25) is 0 Å². The maximum atomic E-state index is 12.4. The number of para-hydroxylation sites is 1. The molecular weight excluding hydrogens is 348 g/mol. The lowest BCUT2D eigenvalue weighted by molar-refractivity contribution is -0.0506. The molecule has 0 saturated carbocycles. The van der Waals surface area contributed by atoms with E-state index in [0.717, 1.165) is 0 Å². The Bertz CT molecular complexity index is 630. The first-order chi connectivity index (χ1) is 9.99. The average molecular weight is 360 g/mol. The molecule has 21 heavy (non-hydrogen) atoms. The number of furan rings is 1. The molecule has 0 fully saturated rings. The number of rotatable bonds is 5. The number of halogens is 3. The van der Waals surface area contributed by atoms with E-state index in [0.29, 0.717) is 15.8 Å². The summed E-state index contributed by atoms with van der Waals surface area (Å²) in [6, 6.07) is 7.32. The highest BCUT2D eigenvalue weighted by atomic mass is 79.9. The summed E-state index contributed by atoms with van der Waals surface area (Å²) >= 11 is 3.11. The number of hydrogen-bond donors (Lipinski definition) is 1. The van der Waals surface area contributed by atoms with Gasteiger partial charge in [-0.05, 0) is 35.0 Å². The highest BCUT2D eigenvalue weighted by Gasteiger charge is 2.19. The van der Waals surface area contributed by atoms with Gasteiger partial charge in [0.25, 0.3) is 5.91 Å². The van der Waals surface area contributed by atoms with Gasteiger partial charge in [0, 0.05) is 5.56 Å². The Morgan fingerprint density at radius 1 is 1.33 bits per heavy atom. The van der Waals surface area contributed by atoms with Gasteiger partial charge in [0.1, 0.15) is 5.75 Å². The number of carbonyl (C=O) groups excluding carboxylic acids is 1. The van der Waals surface area contributed by atoms with E-state index in [-0.39, 0.29) is 11.7 Å². The maximum absolute atomic E-state index is 12.4. The summed E-state index contributed by atoms with van der Waals surface area (Å²) < 4.78 is 34.5. The van der Waals surface area contributed by atoms with E-state index < -0.39 is 12.7 Å². The van der Waals surface area contributed by atoms with Gasteiger partial charge in [0.2, 0.25) is 0 Å². The molecule has 0 bridgehead atoms. The van der Waals surface area contributed by atoms with Crippen molar-refractivity contribution in [2.24, 2.45) is 0 Å². The zero-order valence-corrected chi connectivity index (χ0v) is 12.6. The summed E-state index contributed by atoms with van der Waals surface area (Å²) in [6.45, 7) is -1.24. The second-order valence-electron chi connectivity index (χ2n) is 4.22. The number of benzene rings is 1. The monoisotopic (exact) mass is 359 g/mol. The topological polar surface area (TPSA) is 51.5 Å². The second-order valence-corrected chi connectivity index (χ2v) is 4.94. The van der Waals surface area contributed by atoms with Crippen molar-refractivity contribution in [1.82, 2.24) is 5.32 Å². The zero-order valence-electron chi connectivity index (χ0n) is 11.0. The molecule has 0 aliphatic heterocycles. The molecule has 0 radical (unpaired) electrons. The Morgan fingerprint density at radius 2 is 2.05 bits per heavy atom. The smallest absolute Gasteiger partial charge is 0.387 e. The van der Waals surface area contributed by atoms with E-state index in [1.165, 1.54) is 18.4 Å². The van der Waals surface area contributed by atoms with Crippen LogP contribution >= 0.6 is 15.9 Å². The van der Waals surface area contributed by atoms with E-state index in [1.807, 2.05) is 0 Å². The number of nitrogens with one attached hydrogen (secondary N) is 1. The quantitative estimate of drug-likeness (QED) is 0.872. The molecule has 2 aromatic rings. The van der Waals surface area contributed by atoms with Crippen molar-refractivity contribution in [1.29, 1.82) is 0 Å². The number of alkyl halides is 2. The van der Waals surface area contributed by atoms with Crippen LogP contribution in [0.25, 0.3) is 0 Å². The lowest BCUT2D eigenvalue weighted by Crippen LogP contribution is -2.27. The van der Waals surface area contributed by atoms with Gasteiger partial charge in [-0.2, -0.15) is 8.78 Å². The molecule has 0 aliphatic carbocycles. The molecule has 1 unspecified atom stereocenters. The second kappa shape index (κ2) is 6.71. The van der Waals surface area contributed by atoms with Crippen molar-refractivity contribution in [3.63, 3.8) is 0 Å². The Morgan fingerprint density at radius 3 is 2.67 bits per heavy atom. The summed E-state index contributed by atoms with van der Waals surface area (Å²) in [5, 5.41) is 2.70. The molecule has 2 rings (SSSR count). The third-order valence-corrected chi connectivity index (χ3v) is 3.43. The van der Waals surface area contributed by atoms with Crippen molar-refractivity contribution in [2.45, 2.75) is 19.6 Å². The number of amides is 1. The molecule has 0 spiro atoms. The SMILES string of the molecule is CC(NC(=O)c1ccoc1Br)c1ccccc1OC(F)F. The molecule has 0 saturated heterocycles. The Balaban J connectivity index is 2.15. The molecule has 1 heterocycles. The molecule has 7 heteroatoms. The molecular formula is C14H12BrF2NO3. The van der Waals surface area contributed by atoms with Crippen molar-refractivity contribution < 1.29 is 22.7 Å². The van der Waals surface area contributed by atoms with Crippen molar-refractivity contribution in [3.05, 3.63) is 52.4 Å². The first kappa shape index (κ1) is 15.5. The Labute approximate surface area is 128 Å². The van der Waals surface area contributed by atoms with E-state index >= 15 is 0 Å². The summed E-state index contributed by atoms with van der Waals surface area (Å²) in [5.41, 5.74) is 0.792. The van der Waals surface area contributed by atoms with Crippen LogP contribution in [0, 0.1) is 0 Å². The van der Waals surface area contributed by atoms with Gasteiger partial charge in [0.15, 0.2) is 4.67 Å². The van der Waals surface area contributed by atoms with Crippen LogP contribution in [0.4, 0.5) is 8.78 Å². The molecule has 4 nitrogen and oxygen atoms in total. The molecule has 1 N–H and O–H groups in total. The predicted molar refractivity (Wildman–Crippen MR) is 75.4 cm³/mol. The summed E-state index contributed by atoms with van der Waals surface area (Å²) in [7, 11) is 0. The van der Waals surface area contributed by atoms with Crippen LogP contribution in [0.5, 0.6) is 5.75 Å². The molecule has 112 valence electrons. The predicted octanol–water partition coefficient (Wildman–Crippen LogP) is 4.13. The minimum absolute atomic E-state index is 0.0339. The van der Waals surface area contributed by atoms with E-state index in [2.05, 4.69) is 26.0 Å². The largest absolute Gasteiger partial charge is 0.457 e. The molecule has 0 aliphatic rings. The minimum atomic E-state index is -2.92. The highest BCUT2D eigenvalue weighted by Crippen LogP contribution is 2.27. The fourth-order valence-electron chi connectivity index (χ4n) is 1.85. The lowest BCUT2D eigenvalue weighted by Gasteiger charge is -2.17. The lowest BCUT2D eigenvalue weighted by atomic mass is 10.1. The maximum Gasteiger partial charge on any atom is 0.387 e. The fraction of sp³-hybridized carbons (Fsp3) is 0.214. The molecule has 1 aromatic carbocycles. The normalized spacial score (nSPS) is 12.2. The first-order valence-corrected chi connectivity index (χ1v) is 6.86. The van der Waals surface area contributed by atoms with Gasteiger partial charge in [0.05, 0.1) is 17.9 Å². The molecule has 1 amide bonds. The minimum Gasteiger partial charge on any atom is -0.457 e. The van der Waals surface area contributed by atoms with Crippen LogP contribution in [0.3, 0.4) is 0 Å². The number of carbonyl (C=O) groups is 1. The summed E-state index contributed by atoms with van der Waals surface area (Å²) in [5.74, 6) is -0.346.